The number of nitrogens with zero attached hydrogens (tertiary/aromatic N) is 2. The number of benzene rings is 1. The normalized spacial score (nSPS) is 17.3. The monoisotopic (exact) mass is 370 g/mol. The van der Waals surface area contributed by atoms with Crippen LogP contribution in [0.4, 0.5) is 5.13 Å². The molecule has 1 unspecified atom stereocenters. The van der Waals surface area contributed by atoms with Crippen LogP contribution in [0, 0.1) is 0 Å². The van der Waals surface area contributed by atoms with Crippen molar-refractivity contribution in [3.63, 3.8) is 0 Å². The van der Waals surface area contributed by atoms with Crippen molar-refractivity contribution in [1.82, 2.24) is 15.5 Å². The molecule has 2 N–H and O–H groups in total. The van der Waals surface area contributed by atoms with E-state index in [1.54, 1.807) is 11.8 Å². The number of hydrogen-bond acceptors (Lipinski definition) is 6. The van der Waals surface area contributed by atoms with E-state index < -0.39 is 0 Å². The number of nitrogens with one attached hydrogen (secondary N) is 2. The number of hydrogen-bond donors (Lipinski definition) is 2. The summed E-state index contributed by atoms with van der Waals surface area (Å²) in [6.45, 7) is 0.909. The van der Waals surface area contributed by atoms with Crippen molar-refractivity contribution >= 4 is 46.5 Å². The Hall–Kier alpha value is -1.15. The number of aromatic nitrogens is 2. The number of rotatable bonds is 5. The number of carbonyl (C=O) groups excluding carboxylic acids is 1. The molecule has 1 atom stereocenters. The van der Waals surface area contributed by atoms with Gasteiger partial charge in [-0.25, -0.2) is 0 Å². The Balaban J connectivity index is 0.00000192. The molecule has 0 saturated carbocycles. The Kier molecular flexibility index (Phi) is 7.29. The zero-order valence-electron chi connectivity index (χ0n) is 12.5. The zero-order chi connectivity index (χ0) is 15.2. The van der Waals surface area contributed by atoms with Crippen molar-refractivity contribution in [2.45, 2.75) is 35.4 Å². The van der Waals surface area contributed by atoms with Gasteiger partial charge in [0.25, 0.3) is 0 Å². The summed E-state index contributed by atoms with van der Waals surface area (Å²) in [6, 6.07) is 10.1. The molecule has 1 fully saturated rings. The third-order valence-electron chi connectivity index (χ3n) is 3.47. The maximum Gasteiger partial charge on any atom is 0.243 e. The van der Waals surface area contributed by atoms with E-state index in [-0.39, 0.29) is 24.4 Å². The largest absolute Gasteiger partial charge is 0.306 e. The van der Waals surface area contributed by atoms with Crippen LogP contribution in [0.2, 0.25) is 0 Å². The Labute approximate surface area is 150 Å². The molecular formula is C15H19ClN4OS2. The second kappa shape index (κ2) is 9.22. The zero-order valence-corrected chi connectivity index (χ0v) is 15.0. The minimum atomic E-state index is -0.0990. The van der Waals surface area contributed by atoms with Gasteiger partial charge in [0.2, 0.25) is 11.0 Å². The van der Waals surface area contributed by atoms with Gasteiger partial charge in [-0.05, 0) is 24.9 Å². The minimum Gasteiger partial charge on any atom is -0.306 e. The van der Waals surface area contributed by atoms with Crippen LogP contribution in [-0.2, 0) is 10.5 Å². The molecule has 0 radical (unpaired) electrons. The van der Waals surface area contributed by atoms with Crippen molar-refractivity contribution in [2.24, 2.45) is 0 Å². The Bertz CT molecular complexity index is 617. The van der Waals surface area contributed by atoms with Crippen molar-refractivity contribution in [3.8, 4) is 0 Å². The first kappa shape index (κ1) is 18.2. The van der Waals surface area contributed by atoms with Crippen LogP contribution >= 0.6 is 35.5 Å². The number of halogens is 1. The molecule has 1 aromatic heterocycles. The average molecular weight is 371 g/mol. The van der Waals surface area contributed by atoms with Gasteiger partial charge in [-0.3, -0.25) is 10.1 Å². The van der Waals surface area contributed by atoms with Gasteiger partial charge in [-0.1, -0.05) is 59.9 Å². The van der Waals surface area contributed by atoms with Crippen LogP contribution in [0.3, 0.4) is 0 Å². The Morgan fingerprint density at radius 2 is 2.13 bits per heavy atom. The smallest absolute Gasteiger partial charge is 0.243 e. The average Bonchev–Trinajstić information content (AvgIpc) is 3.02. The molecule has 8 heteroatoms. The Morgan fingerprint density at radius 3 is 2.87 bits per heavy atom. The first-order valence-corrected chi connectivity index (χ1v) is 9.16. The van der Waals surface area contributed by atoms with E-state index in [9.17, 15) is 4.79 Å². The predicted molar refractivity (Wildman–Crippen MR) is 97.4 cm³/mol. The minimum absolute atomic E-state index is 0. The fourth-order valence-corrected chi connectivity index (χ4v) is 4.02. The molecule has 2 aromatic rings. The molecule has 3 rings (SSSR count). The van der Waals surface area contributed by atoms with Crippen LogP contribution in [-0.4, -0.2) is 28.7 Å². The van der Waals surface area contributed by atoms with Crippen LogP contribution in [0.15, 0.2) is 34.7 Å². The van der Waals surface area contributed by atoms with Gasteiger partial charge in [0.05, 0.1) is 6.04 Å². The van der Waals surface area contributed by atoms with E-state index in [0.29, 0.717) is 5.13 Å². The summed E-state index contributed by atoms with van der Waals surface area (Å²) in [5.74, 6) is 0.851. The standard InChI is InChI=1S/C15H18N4OS2.ClH/c20-13(12-8-4-5-9-16-12)17-14-18-19-15(22-14)21-10-11-6-2-1-3-7-11;/h1-3,6-7,12,16H,4-5,8-10H2,(H,17,18,20);1H. The molecule has 5 nitrogen and oxygen atoms in total. The Morgan fingerprint density at radius 1 is 1.30 bits per heavy atom. The third kappa shape index (κ3) is 5.46. The SMILES string of the molecule is Cl.O=C(Nc1nnc(SCc2ccccc2)s1)C1CCCCN1. The quantitative estimate of drug-likeness (QED) is 0.624. The van der Waals surface area contributed by atoms with E-state index in [1.807, 2.05) is 18.2 Å². The van der Waals surface area contributed by atoms with Crippen molar-refractivity contribution in [2.75, 3.05) is 11.9 Å². The predicted octanol–water partition coefficient (Wildman–Crippen LogP) is 3.33. The lowest BCUT2D eigenvalue weighted by molar-refractivity contribution is -0.118. The van der Waals surface area contributed by atoms with Gasteiger partial charge < -0.3 is 5.32 Å². The highest BCUT2D eigenvalue weighted by Crippen LogP contribution is 2.28. The van der Waals surface area contributed by atoms with E-state index in [1.165, 1.54) is 16.9 Å². The maximum absolute atomic E-state index is 12.1. The fraction of sp³-hybridized carbons (Fsp3) is 0.400. The molecule has 0 bridgehead atoms. The summed E-state index contributed by atoms with van der Waals surface area (Å²) < 4.78 is 0.871. The molecule has 124 valence electrons. The molecule has 1 aliphatic heterocycles. The summed E-state index contributed by atoms with van der Waals surface area (Å²) in [5.41, 5.74) is 1.25. The van der Waals surface area contributed by atoms with E-state index >= 15 is 0 Å². The third-order valence-corrected chi connectivity index (χ3v) is 5.51. The topological polar surface area (TPSA) is 66.9 Å². The summed E-state index contributed by atoms with van der Waals surface area (Å²) in [4.78, 5) is 12.1. The van der Waals surface area contributed by atoms with Crippen LogP contribution in [0.5, 0.6) is 0 Å². The van der Waals surface area contributed by atoms with Gasteiger partial charge in [0, 0.05) is 5.75 Å². The maximum atomic E-state index is 12.1. The van der Waals surface area contributed by atoms with Gasteiger partial charge in [0.15, 0.2) is 4.34 Å². The van der Waals surface area contributed by atoms with E-state index in [4.69, 9.17) is 0 Å². The molecule has 1 aromatic carbocycles. The highest BCUT2D eigenvalue weighted by molar-refractivity contribution is 8.00. The molecular weight excluding hydrogens is 352 g/mol. The molecule has 0 aliphatic carbocycles. The first-order valence-electron chi connectivity index (χ1n) is 7.36. The first-order chi connectivity index (χ1) is 10.8. The number of piperidine rings is 1. The number of anilines is 1. The highest BCUT2D eigenvalue weighted by atomic mass is 35.5. The van der Waals surface area contributed by atoms with Crippen molar-refractivity contribution in [1.29, 1.82) is 0 Å². The fourth-order valence-electron chi connectivity index (χ4n) is 2.31. The number of amides is 1. The molecule has 0 spiro atoms. The van der Waals surface area contributed by atoms with Gasteiger partial charge in [-0.2, -0.15) is 0 Å². The van der Waals surface area contributed by atoms with Crippen LogP contribution in [0.1, 0.15) is 24.8 Å². The van der Waals surface area contributed by atoms with Crippen LogP contribution < -0.4 is 10.6 Å². The van der Waals surface area contributed by atoms with Crippen molar-refractivity contribution in [3.05, 3.63) is 35.9 Å². The summed E-state index contributed by atoms with van der Waals surface area (Å²) in [6.07, 6.45) is 3.13. The van der Waals surface area contributed by atoms with Gasteiger partial charge in [0.1, 0.15) is 0 Å². The summed E-state index contributed by atoms with van der Waals surface area (Å²) in [5, 5.41) is 14.8. The van der Waals surface area contributed by atoms with E-state index in [0.717, 1.165) is 35.9 Å². The summed E-state index contributed by atoms with van der Waals surface area (Å²) >= 11 is 3.06. The lowest BCUT2D eigenvalue weighted by Gasteiger charge is -2.21. The molecule has 1 aliphatic rings. The lowest BCUT2D eigenvalue weighted by Crippen LogP contribution is -2.43. The number of thioether (sulfide) groups is 1. The molecule has 23 heavy (non-hydrogen) atoms. The highest BCUT2D eigenvalue weighted by Gasteiger charge is 2.21. The molecule has 2 heterocycles. The van der Waals surface area contributed by atoms with Crippen LogP contribution in [0.25, 0.3) is 0 Å². The van der Waals surface area contributed by atoms with E-state index in [2.05, 4.69) is 33.0 Å². The van der Waals surface area contributed by atoms with Gasteiger partial charge in [-0.15, -0.1) is 22.6 Å². The molecule has 1 saturated heterocycles. The molecule has 1 amide bonds. The van der Waals surface area contributed by atoms with Crippen molar-refractivity contribution < 1.29 is 4.79 Å². The second-order valence-corrected chi connectivity index (χ2v) is 7.34. The summed E-state index contributed by atoms with van der Waals surface area (Å²) in [7, 11) is 0. The number of carbonyl (C=O) groups is 1. The van der Waals surface area contributed by atoms with Gasteiger partial charge >= 0.3 is 0 Å². The second-order valence-electron chi connectivity index (χ2n) is 5.14. The lowest BCUT2D eigenvalue weighted by atomic mass is 10.0.